The average molecular weight is 214 g/mol. The van der Waals surface area contributed by atoms with Crippen LogP contribution in [-0.2, 0) is 4.79 Å². The van der Waals surface area contributed by atoms with Gasteiger partial charge in [-0.3, -0.25) is 4.79 Å². The molecule has 6 heteroatoms. The van der Waals surface area contributed by atoms with Gasteiger partial charge >= 0.3 is 7.12 Å². The van der Waals surface area contributed by atoms with Crippen molar-refractivity contribution < 1.29 is 14.8 Å². The van der Waals surface area contributed by atoms with Crippen molar-refractivity contribution in [2.75, 3.05) is 0 Å². The second-order valence-corrected chi connectivity index (χ2v) is 4.78. The molecule has 0 radical (unpaired) electrons. The molecule has 0 aliphatic heterocycles. The van der Waals surface area contributed by atoms with Crippen LogP contribution in [-0.4, -0.2) is 34.6 Å². The zero-order valence-corrected chi connectivity index (χ0v) is 9.23. The molecule has 0 aromatic carbocycles. The minimum Gasteiger partial charge on any atom is -0.426 e. The van der Waals surface area contributed by atoms with Crippen LogP contribution < -0.4 is 11.1 Å². The Bertz CT molecular complexity index is 242. The van der Waals surface area contributed by atoms with E-state index in [1.165, 1.54) is 0 Å². The van der Waals surface area contributed by atoms with Crippen LogP contribution in [0.2, 0.25) is 0 Å². The molecule has 0 spiro atoms. The van der Waals surface area contributed by atoms with Gasteiger partial charge in [0.05, 0.1) is 11.5 Å². The number of hydrogen-bond donors (Lipinski definition) is 4. The van der Waals surface area contributed by atoms with Crippen LogP contribution in [0, 0.1) is 5.92 Å². The molecule has 1 rings (SSSR count). The Labute approximate surface area is 90.2 Å². The zero-order valence-electron chi connectivity index (χ0n) is 9.23. The molecule has 1 atom stereocenters. The molecule has 86 valence electrons. The van der Waals surface area contributed by atoms with Gasteiger partial charge in [-0.15, -0.1) is 0 Å². The van der Waals surface area contributed by atoms with Crippen molar-refractivity contribution in [2.24, 2.45) is 11.7 Å². The van der Waals surface area contributed by atoms with E-state index in [1.807, 2.05) is 13.8 Å². The maximum Gasteiger partial charge on any atom is 0.475 e. The number of carbonyl (C=O) groups is 1. The summed E-state index contributed by atoms with van der Waals surface area (Å²) in [5.41, 5.74) is 4.93. The van der Waals surface area contributed by atoms with Crippen LogP contribution in [0.15, 0.2) is 0 Å². The number of amides is 1. The van der Waals surface area contributed by atoms with Gasteiger partial charge in [0, 0.05) is 0 Å². The smallest absolute Gasteiger partial charge is 0.426 e. The first kappa shape index (κ1) is 12.5. The molecule has 1 saturated carbocycles. The van der Waals surface area contributed by atoms with E-state index in [1.54, 1.807) is 0 Å². The predicted octanol–water partition coefficient (Wildman–Crippen LogP) is -0.979. The summed E-state index contributed by atoms with van der Waals surface area (Å²) in [6, 6.07) is 0. The summed E-state index contributed by atoms with van der Waals surface area (Å²) in [5, 5.41) is 20.8. The fraction of sp³-hybridized carbons (Fsp3) is 0.889. The van der Waals surface area contributed by atoms with E-state index in [0.29, 0.717) is 19.3 Å². The Morgan fingerprint density at radius 2 is 2.07 bits per heavy atom. The molecule has 0 aromatic heterocycles. The summed E-state index contributed by atoms with van der Waals surface area (Å²) < 4.78 is 0. The van der Waals surface area contributed by atoms with E-state index in [2.05, 4.69) is 5.32 Å². The van der Waals surface area contributed by atoms with Gasteiger partial charge in [0.15, 0.2) is 0 Å². The highest BCUT2D eigenvalue weighted by Gasteiger charge is 2.47. The lowest BCUT2D eigenvalue weighted by Gasteiger charge is -2.21. The van der Waals surface area contributed by atoms with E-state index < -0.39 is 18.6 Å². The minimum absolute atomic E-state index is 0.277. The zero-order chi connectivity index (χ0) is 11.6. The van der Waals surface area contributed by atoms with Crippen molar-refractivity contribution in [2.45, 2.75) is 44.6 Å². The third-order valence-corrected chi connectivity index (χ3v) is 2.64. The molecule has 0 heterocycles. The molecule has 0 aromatic rings. The fourth-order valence-corrected chi connectivity index (χ4v) is 1.44. The first-order valence-electron chi connectivity index (χ1n) is 5.31. The maximum absolute atomic E-state index is 11.6. The topological polar surface area (TPSA) is 95.6 Å². The molecule has 1 aliphatic rings. The molecular formula is C9H19BN2O3. The van der Waals surface area contributed by atoms with Gasteiger partial charge in [-0.1, -0.05) is 13.8 Å². The second-order valence-electron chi connectivity index (χ2n) is 4.78. The highest BCUT2D eigenvalue weighted by molar-refractivity contribution is 6.43. The molecule has 5 N–H and O–H groups in total. The molecule has 1 amide bonds. The first-order valence-corrected chi connectivity index (χ1v) is 5.31. The highest BCUT2D eigenvalue weighted by Crippen LogP contribution is 2.32. The van der Waals surface area contributed by atoms with Crippen LogP contribution in [0.4, 0.5) is 0 Å². The molecule has 5 nitrogen and oxygen atoms in total. The minimum atomic E-state index is -1.53. The van der Waals surface area contributed by atoms with Crippen LogP contribution >= 0.6 is 0 Å². The SMILES string of the molecule is CC(C)C[C@H](NC(=O)C1(N)CC1)B(O)O. The van der Waals surface area contributed by atoms with E-state index in [-0.39, 0.29) is 11.8 Å². The lowest BCUT2D eigenvalue weighted by molar-refractivity contribution is -0.123. The Hall–Kier alpha value is -0.585. The normalized spacial score (nSPS) is 19.9. The Morgan fingerprint density at radius 1 is 1.53 bits per heavy atom. The predicted molar refractivity (Wildman–Crippen MR) is 57.7 cm³/mol. The second kappa shape index (κ2) is 4.51. The van der Waals surface area contributed by atoms with Crippen LogP contribution in [0.25, 0.3) is 0 Å². The van der Waals surface area contributed by atoms with Crippen molar-refractivity contribution in [3.05, 3.63) is 0 Å². The molecule has 0 bridgehead atoms. The summed E-state index contributed by atoms with van der Waals surface area (Å²) >= 11 is 0. The number of carbonyl (C=O) groups excluding carboxylic acids is 1. The number of nitrogens with one attached hydrogen (secondary N) is 1. The van der Waals surface area contributed by atoms with Crippen molar-refractivity contribution in [1.82, 2.24) is 5.32 Å². The Kier molecular flexibility index (Phi) is 3.75. The van der Waals surface area contributed by atoms with E-state index in [0.717, 1.165) is 0 Å². The quantitative estimate of drug-likeness (QED) is 0.442. The third kappa shape index (κ3) is 3.48. The maximum atomic E-state index is 11.6. The third-order valence-electron chi connectivity index (χ3n) is 2.64. The monoisotopic (exact) mass is 214 g/mol. The van der Waals surface area contributed by atoms with Gasteiger partial charge in [-0.05, 0) is 25.2 Å². The molecule has 15 heavy (non-hydrogen) atoms. The van der Waals surface area contributed by atoms with Gasteiger partial charge in [-0.2, -0.15) is 0 Å². The number of hydrogen-bond acceptors (Lipinski definition) is 4. The van der Waals surface area contributed by atoms with Crippen LogP contribution in [0.5, 0.6) is 0 Å². The summed E-state index contributed by atoms with van der Waals surface area (Å²) in [5.74, 6) is -0.621. The summed E-state index contributed by atoms with van der Waals surface area (Å²) in [7, 11) is -1.53. The van der Waals surface area contributed by atoms with E-state index >= 15 is 0 Å². The largest absolute Gasteiger partial charge is 0.475 e. The molecule has 0 unspecified atom stereocenters. The molecule has 1 aliphatic carbocycles. The Balaban J connectivity index is 2.47. The Morgan fingerprint density at radius 3 is 2.40 bits per heavy atom. The molecule has 1 fully saturated rings. The summed E-state index contributed by atoms with van der Waals surface area (Å²) in [6.07, 6.45) is 1.88. The highest BCUT2D eigenvalue weighted by atomic mass is 16.4. The average Bonchev–Trinajstić information content (AvgIpc) is 2.82. The lowest BCUT2D eigenvalue weighted by atomic mass is 9.75. The summed E-state index contributed by atoms with van der Waals surface area (Å²) in [4.78, 5) is 11.6. The van der Waals surface area contributed by atoms with E-state index in [4.69, 9.17) is 15.8 Å². The van der Waals surface area contributed by atoms with Crippen LogP contribution in [0.1, 0.15) is 33.1 Å². The van der Waals surface area contributed by atoms with E-state index in [9.17, 15) is 4.79 Å². The number of rotatable bonds is 5. The standard InChI is InChI=1S/C9H19BN2O3/c1-6(2)5-7(10(14)15)12-8(13)9(11)3-4-9/h6-7,14-15H,3-5,11H2,1-2H3,(H,12,13)/t7-/m0/s1. The van der Waals surface area contributed by atoms with Gasteiger partial charge in [-0.25, -0.2) is 0 Å². The van der Waals surface area contributed by atoms with Crippen molar-refractivity contribution in [3.63, 3.8) is 0 Å². The fourth-order valence-electron chi connectivity index (χ4n) is 1.44. The van der Waals surface area contributed by atoms with Gasteiger partial charge < -0.3 is 21.1 Å². The van der Waals surface area contributed by atoms with Crippen LogP contribution in [0.3, 0.4) is 0 Å². The first-order chi connectivity index (χ1) is 6.85. The van der Waals surface area contributed by atoms with Crippen molar-refractivity contribution in [1.29, 1.82) is 0 Å². The van der Waals surface area contributed by atoms with Gasteiger partial charge in [0.1, 0.15) is 0 Å². The summed E-state index contributed by atoms with van der Waals surface area (Å²) in [6.45, 7) is 3.91. The van der Waals surface area contributed by atoms with Gasteiger partial charge in [0.2, 0.25) is 5.91 Å². The number of nitrogens with two attached hydrogens (primary N) is 1. The van der Waals surface area contributed by atoms with Crippen molar-refractivity contribution >= 4 is 13.0 Å². The van der Waals surface area contributed by atoms with Gasteiger partial charge in [0.25, 0.3) is 0 Å². The van der Waals surface area contributed by atoms with Crippen molar-refractivity contribution in [3.8, 4) is 0 Å². The molecular weight excluding hydrogens is 195 g/mol. The lowest BCUT2D eigenvalue weighted by Crippen LogP contribution is -2.53. The molecule has 0 saturated heterocycles.